The van der Waals surface area contributed by atoms with E-state index in [1.807, 2.05) is 24.3 Å². The summed E-state index contributed by atoms with van der Waals surface area (Å²) in [6, 6.07) is 9.05. The van der Waals surface area contributed by atoms with Gasteiger partial charge in [-0.05, 0) is 31.9 Å². The summed E-state index contributed by atoms with van der Waals surface area (Å²) in [7, 11) is 0. The maximum atomic E-state index is 12.6. The van der Waals surface area contributed by atoms with E-state index in [9.17, 15) is 14.9 Å². The lowest BCUT2D eigenvalue weighted by molar-refractivity contribution is -0.385. The predicted octanol–water partition coefficient (Wildman–Crippen LogP) is 4.13. The highest BCUT2D eigenvalue weighted by molar-refractivity contribution is 7.14. The normalized spacial score (nSPS) is 15.5. The van der Waals surface area contributed by atoms with Crippen LogP contribution >= 0.6 is 11.3 Å². The molecule has 7 nitrogen and oxygen atoms in total. The number of aromatic nitrogens is 1. The molecule has 0 spiro atoms. The Balaban J connectivity index is 1.45. The fourth-order valence-corrected chi connectivity index (χ4v) is 4.26. The molecule has 4 rings (SSSR count). The van der Waals surface area contributed by atoms with Crippen molar-refractivity contribution in [3.63, 3.8) is 0 Å². The van der Waals surface area contributed by atoms with Gasteiger partial charge in [-0.25, -0.2) is 4.98 Å². The predicted molar refractivity (Wildman–Crippen MR) is 97.6 cm³/mol. The van der Waals surface area contributed by atoms with Gasteiger partial charge in [0, 0.05) is 25.1 Å². The average Bonchev–Trinajstić information content (AvgIpc) is 3.25. The molecule has 3 aromatic rings. The zero-order chi connectivity index (χ0) is 18.3. The zero-order valence-electron chi connectivity index (χ0n) is 14.2. The van der Waals surface area contributed by atoms with Crippen LogP contribution in [0.4, 0.5) is 5.69 Å². The molecule has 0 N–H and O–H groups in total. The van der Waals surface area contributed by atoms with Gasteiger partial charge in [0.15, 0.2) is 11.5 Å². The number of piperidine rings is 1. The van der Waals surface area contributed by atoms with Crippen LogP contribution in [0.1, 0.15) is 39.2 Å². The molecule has 0 bridgehead atoms. The first-order valence-corrected chi connectivity index (χ1v) is 9.24. The van der Waals surface area contributed by atoms with Gasteiger partial charge in [-0.1, -0.05) is 12.1 Å². The smallest absolute Gasteiger partial charge is 0.283 e. The number of aryl methyl sites for hydroxylation is 1. The summed E-state index contributed by atoms with van der Waals surface area (Å²) in [5, 5.41) is 11.0. The summed E-state index contributed by atoms with van der Waals surface area (Å²) in [6.07, 6.45) is 1.54. The molecule has 0 atom stereocenters. The Morgan fingerprint density at radius 1 is 1.35 bits per heavy atom. The van der Waals surface area contributed by atoms with Crippen LogP contribution in [0.25, 0.3) is 11.1 Å². The van der Waals surface area contributed by atoms with Gasteiger partial charge in [0.25, 0.3) is 11.6 Å². The lowest BCUT2D eigenvalue weighted by Crippen LogP contribution is -2.37. The molecule has 134 valence electrons. The molecule has 0 radical (unpaired) electrons. The Kier molecular flexibility index (Phi) is 4.20. The van der Waals surface area contributed by atoms with Crippen molar-refractivity contribution >= 4 is 34.0 Å². The van der Waals surface area contributed by atoms with Gasteiger partial charge < -0.3 is 9.32 Å². The quantitative estimate of drug-likeness (QED) is 0.510. The average molecular weight is 371 g/mol. The zero-order valence-corrected chi connectivity index (χ0v) is 15.0. The summed E-state index contributed by atoms with van der Waals surface area (Å²) < 4.78 is 5.85. The number of fused-ring (bicyclic) bond motifs is 1. The fraction of sp³-hybridized carbons (Fsp3) is 0.333. The van der Waals surface area contributed by atoms with Gasteiger partial charge in [-0.2, -0.15) is 0 Å². The van der Waals surface area contributed by atoms with E-state index in [2.05, 4.69) is 4.98 Å². The summed E-state index contributed by atoms with van der Waals surface area (Å²) in [4.78, 5) is 30.5. The number of likely N-dealkylation sites (tertiary alicyclic amines) is 1. The molecule has 1 aromatic carbocycles. The number of thiophene rings is 1. The molecule has 0 saturated carbocycles. The van der Waals surface area contributed by atoms with Crippen molar-refractivity contribution in [1.29, 1.82) is 0 Å². The highest BCUT2D eigenvalue weighted by Gasteiger charge is 2.29. The third-order valence-corrected chi connectivity index (χ3v) is 5.77. The van der Waals surface area contributed by atoms with Crippen LogP contribution in [-0.2, 0) is 0 Å². The molecule has 8 heteroatoms. The summed E-state index contributed by atoms with van der Waals surface area (Å²) in [5.74, 6) is 0.772. The van der Waals surface area contributed by atoms with Crippen LogP contribution in [-0.4, -0.2) is 33.8 Å². The van der Waals surface area contributed by atoms with E-state index in [1.165, 1.54) is 17.4 Å². The maximum Gasteiger partial charge on any atom is 0.283 e. The van der Waals surface area contributed by atoms with Crippen LogP contribution in [0.2, 0.25) is 0 Å². The highest BCUT2D eigenvalue weighted by Crippen LogP contribution is 2.33. The van der Waals surface area contributed by atoms with Crippen molar-refractivity contribution in [2.45, 2.75) is 25.7 Å². The summed E-state index contributed by atoms with van der Waals surface area (Å²) in [5.41, 5.74) is 1.64. The number of carbonyl (C=O) groups excluding carboxylic acids is 1. The van der Waals surface area contributed by atoms with Crippen LogP contribution in [0.5, 0.6) is 0 Å². The number of benzene rings is 1. The molecule has 0 unspecified atom stereocenters. The highest BCUT2D eigenvalue weighted by atomic mass is 32.1. The van der Waals surface area contributed by atoms with Crippen molar-refractivity contribution in [1.82, 2.24) is 9.88 Å². The second-order valence-electron chi connectivity index (χ2n) is 6.40. The minimum Gasteiger partial charge on any atom is -0.440 e. The molecule has 3 heterocycles. The number of oxazole rings is 1. The minimum atomic E-state index is -0.442. The maximum absolute atomic E-state index is 12.6. The first-order valence-electron chi connectivity index (χ1n) is 8.42. The Hall–Kier alpha value is -2.74. The summed E-state index contributed by atoms with van der Waals surface area (Å²) in [6.45, 7) is 2.85. The first kappa shape index (κ1) is 16.7. The lowest BCUT2D eigenvalue weighted by atomic mass is 9.96. The molecule has 1 fully saturated rings. The monoisotopic (exact) mass is 371 g/mol. The van der Waals surface area contributed by atoms with E-state index in [-0.39, 0.29) is 17.5 Å². The van der Waals surface area contributed by atoms with Crippen molar-refractivity contribution in [3.05, 3.63) is 56.1 Å². The van der Waals surface area contributed by atoms with Gasteiger partial charge in [-0.3, -0.25) is 14.9 Å². The second-order valence-corrected chi connectivity index (χ2v) is 7.65. The Bertz CT molecular complexity index is 952. The number of hydrogen-bond donors (Lipinski definition) is 0. The molecule has 1 aliphatic rings. The van der Waals surface area contributed by atoms with E-state index in [0.29, 0.717) is 22.8 Å². The largest absolute Gasteiger partial charge is 0.440 e. The summed E-state index contributed by atoms with van der Waals surface area (Å²) >= 11 is 1.18. The minimum absolute atomic E-state index is 0.0136. The Morgan fingerprint density at radius 2 is 2.08 bits per heavy atom. The third kappa shape index (κ3) is 2.96. The van der Waals surface area contributed by atoms with Crippen LogP contribution < -0.4 is 0 Å². The second kappa shape index (κ2) is 6.53. The molecule has 1 saturated heterocycles. The molecular weight excluding hydrogens is 354 g/mol. The van der Waals surface area contributed by atoms with E-state index >= 15 is 0 Å². The first-order chi connectivity index (χ1) is 12.5. The van der Waals surface area contributed by atoms with Crippen LogP contribution in [0, 0.1) is 17.0 Å². The molecule has 1 aliphatic heterocycles. The standard InChI is InChI=1S/C18H17N3O4S/c1-11-14(21(23)24)10-16(26-11)18(22)20-8-6-12(7-9-20)17-19-13-4-2-3-5-15(13)25-17/h2-5,10,12H,6-9H2,1H3. The van der Waals surface area contributed by atoms with E-state index in [0.717, 1.165) is 29.8 Å². The molecule has 1 amide bonds. The SMILES string of the molecule is Cc1sc(C(=O)N2CCC(c3nc4ccccc4o3)CC2)cc1[N+](=O)[O-]. The third-order valence-electron chi connectivity index (χ3n) is 4.74. The van der Waals surface area contributed by atoms with Gasteiger partial charge in [0.2, 0.25) is 0 Å². The number of nitrogens with zero attached hydrogens (tertiary/aromatic N) is 3. The van der Waals surface area contributed by atoms with Crippen LogP contribution in [0.3, 0.4) is 0 Å². The molecular formula is C18H17N3O4S. The van der Waals surface area contributed by atoms with Gasteiger partial charge >= 0.3 is 0 Å². The number of para-hydroxylation sites is 2. The van der Waals surface area contributed by atoms with Crippen molar-refractivity contribution < 1.29 is 14.1 Å². The van der Waals surface area contributed by atoms with E-state index < -0.39 is 4.92 Å². The van der Waals surface area contributed by atoms with Gasteiger partial charge in [-0.15, -0.1) is 11.3 Å². The number of hydrogen-bond acceptors (Lipinski definition) is 6. The van der Waals surface area contributed by atoms with Gasteiger partial charge in [0.1, 0.15) is 5.52 Å². The molecule has 0 aliphatic carbocycles. The van der Waals surface area contributed by atoms with Crippen molar-refractivity contribution in [2.75, 3.05) is 13.1 Å². The van der Waals surface area contributed by atoms with Crippen molar-refractivity contribution in [2.24, 2.45) is 0 Å². The van der Waals surface area contributed by atoms with E-state index in [4.69, 9.17) is 4.42 Å². The number of rotatable bonds is 3. The topological polar surface area (TPSA) is 89.5 Å². The Labute approximate surface area is 153 Å². The van der Waals surface area contributed by atoms with Gasteiger partial charge in [0.05, 0.1) is 14.7 Å². The number of carbonyl (C=O) groups is 1. The van der Waals surface area contributed by atoms with Crippen molar-refractivity contribution in [3.8, 4) is 0 Å². The Morgan fingerprint density at radius 3 is 2.73 bits per heavy atom. The van der Waals surface area contributed by atoms with E-state index in [1.54, 1.807) is 11.8 Å². The number of nitro groups is 1. The van der Waals surface area contributed by atoms with Crippen LogP contribution in [0.15, 0.2) is 34.7 Å². The lowest BCUT2D eigenvalue weighted by Gasteiger charge is -2.30. The fourth-order valence-electron chi connectivity index (χ4n) is 3.31. The number of amides is 1. The molecule has 2 aromatic heterocycles. The molecule has 26 heavy (non-hydrogen) atoms.